The summed E-state index contributed by atoms with van der Waals surface area (Å²) in [4.78, 5) is 28.3. The highest BCUT2D eigenvalue weighted by atomic mass is 16.3. The molecule has 0 saturated carbocycles. The van der Waals surface area contributed by atoms with Gasteiger partial charge in [-0.2, -0.15) is 5.10 Å². The van der Waals surface area contributed by atoms with Gasteiger partial charge in [0.05, 0.1) is 24.9 Å². The van der Waals surface area contributed by atoms with E-state index in [9.17, 15) is 9.59 Å². The van der Waals surface area contributed by atoms with Crippen LogP contribution >= 0.6 is 0 Å². The van der Waals surface area contributed by atoms with E-state index in [1.165, 1.54) is 6.33 Å². The molecule has 2 N–H and O–H groups in total. The highest BCUT2D eigenvalue weighted by Gasteiger charge is 2.13. The van der Waals surface area contributed by atoms with E-state index < -0.39 is 0 Å². The number of anilines is 1. The summed E-state index contributed by atoms with van der Waals surface area (Å²) in [5.41, 5.74) is 5.26. The number of aromatic nitrogens is 3. The summed E-state index contributed by atoms with van der Waals surface area (Å²) in [6.45, 7) is 3.90. The van der Waals surface area contributed by atoms with Crippen LogP contribution in [0.1, 0.15) is 16.7 Å². The second-order valence-corrected chi connectivity index (χ2v) is 7.03. The van der Waals surface area contributed by atoms with Crippen LogP contribution in [0.5, 0.6) is 0 Å². The Bertz CT molecular complexity index is 1190. The molecule has 8 nitrogen and oxygen atoms in total. The molecule has 0 saturated heterocycles. The zero-order valence-electron chi connectivity index (χ0n) is 16.7. The van der Waals surface area contributed by atoms with Crippen molar-refractivity contribution < 1.29 is 14.0 Å². The number of amides is 2. The lowest BCUT2D eigenvalue weighted by Gasteiger charge is -2.08. The first-order chi connectivity index (χ1) is 14.5. The third kappa shape index (κ3) is 4.07. The number of nitrogens with zero attached hydrogens (tertiary/aromatic N) is 3. The highest BCUT2D eigenvalue weighted by molar-refractivity contribution is 5.95. The second kappa shape index (κ2) is 8.20. The number of fused-ring (bicyclic) bond motifs is 1. The number of furan rings is 1. The fraction of sp³-hybridized carbons (Fsp3) is 0.182. The Labute approximate surface area is 172 Å². The van der Waals surface area contributed by atoms with E-state index >= 15 is 0 Å². The van der Waals surface area contributed by atoms with Gasteiger partial charge in [0.2, 0.25) is 11.8 Å². The molecule has 0 aliphatic heterocycles. The summed E-state index contributed by atoms with van der Waals surface area (Å²) in [7, 11) is 0. The first-order valence-electron chi connectivity index (χ1n) is 9.49. The summed E-state index contributed by atoms with van der Waals surface area (Å²) in [6, 6.07) is 11.1. The van der Waals surface area contributed by atoms with Crippen molar-refractivity contribution in [3.63, 3.8) is 0 Å². The molecule has 0 fully saturated rings. The minimum absolute atomic E-state index is 0.114. The number of hydrogen-bond acceptors (Lipinski definition) is 5. The standard InChI is InChI=1S/C22H21N5O3/c1-14-3-8-19-16(11-30-22(19)15(14)2)9-20(28)24-10-21(29)26-17-4-6-18(7-5-17)27-13-23-12-25-27/h3-8,11-13H,9-10H2,1-2H3,(H,24,28)(H,26,29). The van der Waals surface area contributed by atoms with Gasteiger partial charge in [-0.3, -0.25) is 9.59 Å². The predicted octanol–water partition coefficient (Wildman–Crippen LogP) is 2.93. The van der Waals surface area contributed by atoms with E-state index in [1.54, 1.807) is 29.4 Å². The SMILES string of the molecule is Cc1ccc2c(CC(=O)NCC(=O)Nc3ccc(-n4cncn4)cc3)coc2c1C. The molecule has 2 heterocycles. The molecule has 0 unspecified atom stereocenters. The molecule has 0 spiro atoms. The summed E-state index contributed by atoms with van der Waals surface area (Å²) >= 11 is 0. The molecular weight excluding hydrogens is 382 g/mol. The largest absolute Gasteiger partial charge is 0.464 e. The van der Waals surface area contributed by atoms with Crippen molar-refractivity contribution in [1.29, 1.82) is 0 Å². The fourth-order valence-corrected chi connectivity index (χ4v) is 3.18. The van der Waals surface area contributed by atoms with Gasteiger partial charge in [0.15, 0.2) is 0 Å². The topological polar surface area (TPSA) is 102 Å². The maximum atomic E-state index is 12.3. The minimum Gasteiger partial charge on any atom is -0.464 e. The average molecular weight is 403 g/mol. The van der Waals surface area contributed by atoms with Crippen LogP contribution in [0.4, 0.5) is 5.69 Å². The van der Waals surface area contributed by atoms with Crippen LogP contribution < -0.4 is 10.6 Å². The van der Waals surface area contributed by atoms with Gasteiger partial charge in [0.1, 0.15) is 18.2 Å². The molecule has 0 aliphatic rings. The van der Waals surface area contributed by atoms with Crippen molar-refractivity contribution in [3.8, 4) is 5.69 Å². The molecular formula is C22H21N5O3. The summed E-state index contributed by atoms with van der Waals surface area (Å²) in [6.07, 6.45) is 4.80. The Morgan fingerprint density at radius 1 is 1.07 bits per heavy atom. The minimum atomic E-state index is -0.305. The van der Waals surface area contributed by atoms with Crippen molar-refractivity contribution in [2.75, 3.05) is 11.9 Å². The molecule has 2 aromatic heterocycles. The van der Waals surface area contributed by atoms with Crippen molar-refractivity contribution in [2.45, 2.75) is 20.3 Å². The van der Waals surface area contributed by atoms with Crippen molar-refractivity contribution in [3.05, 3.63) is 72.0 Å². The molecule has 0 aliphatic carbocycles. The van der Waals surface area contributed by atoms with Crippen molar-refractivity contribution >= 4 is 28.5 Å². The van der Waals surface area contributed by atoms with Crippen LogP contribution in [0.15, 0.2) is 59.7 Å². The van der Waals surface area contributed by atoms with Crippen LogP contribution in [0, 0.1) is 13.8 Å². The fourth-order valence-electron chi connectivity index (χ4n) is 3.18. The molecule has 0 atom stereocenters. The van der Waals surface area contributed by atoms with E-state index in [2.05, 4.69) is 20.7 Å². The lowest BCUT2D eigenvalue weighted by Crippen LogP contribution is -2.33. The van der Waals surface area contributed by atoms with Crippen LogP contribution in [0.2, 0.25) is 0 Å². The zero-order valence-corrected chi connectivity index (χ0v) is 16.7. The van der Waals surface area contributed by atoms with Gasteiger partial charge in [-0.05, 0) is 49.2 Å². The summed E-state index contributed by atoms with van der Waals surface area (Å²) < 4.78 is 7.25. The molecule has 2 aromatic carbocycles. The molecule has 0 bridgehead atoms. The predicted molar refractivity (Wildman–Crippen MR) is 112 cm³/mol. The Balaban J connectivity index is 1.31. The Morgan fingerprint density at radius 2 is 1.87 bits per heavy atom. The average Bonchev–Trinajstić information content (AvgIpc) is 3.41. The first kappa shape index (κ1) is 19.4. The van der Waals surface area contributed by atoms with Gasteiger partial charge in [-0.25, -0.2) is 9.67 Å². The number of aryl methyl sites for hydroxylation is 2. The molecule has 8 heteroatoms. The molecule has 0 radical (unpaired) electrons. The Kier molecular flexibility index (Phi) is 5.30. The van der Waals surface area contributed by atoms with Crippen molar-refractivity contribution in [1.82, 2.24) is 20.1 Å². The zero-order chi connectivity index (χ0) is 21.1. The lowest BCUT2D eigenvalue weighted by atomic mass is 10.0. The molecule has 152 valence electrons. The lowest BCUT2D eigenvalue weighted by molar-refractivity contribution is -0.123. The maximum Gasteiger partial charge on any atom is 0.243 e. The Hall–Kier alpha value is -3.94. The third-order valence-electron chi connectivity index (χ3n) is 4.97. The monoisotopic (exact) mass is 403 g/mol. The molecule has 4 aromatic rings. The smallest absolute Gasteiger partial charge is 0.243 e. The van der Waals surface area contributed by atoms with E-state index in [0.717, 1.165) is 33.3 Å². The molecule has 2 amide bonds. The number of rotatable bonds is 6. The van der Waals surface area contributed by atoms with Crippen LogP contribution in [0.3, 0.4) is 0 Å². The van der Waals surface area contributed by atoms with E-state index in [0.29, 0.717) is 5.69 Å². The highest BCUT2D eigenvalue weighted by Crippen LogP contribution is 2.26. The van der Waals surface area contributed by atoms with Gasteiger partial charge in [0, 0.05) is 16.6 Å². The molecule has 30 heavy (non-hydrogen) atoms. The summed E-state index contributed by atoms with van der Waals surface area (Å²) in [5, 5.41) is 10.4. The Morgan fingerprint density at radius 3 is 2.60 bits per heavy atom. The first-order valence-corrected chi connectivity index (χ1v) is 9.49. The van der Waals surface area contributed by atoms with Crippen LogP contribution in [0.25, 0.3) is 16.7 Å². The third-order valence-corrected chi connectivity index (χ3v) is 4.97. The normalized spacial score (nSPS) is 10.9. The van der Waals surface area contributed by atoms with Gasteiger partial charge < -0.3 is 15.1 Å². The van der Waals surface area contributed by atoms with Crippen LogP contribution in [-0.4, -0.2) is 33.1 Å². The summed E-state index contributed by atoms with van der Waals surface area (Å²) in [5.74, 6) is -0.548. The number of carbonyl (C=O) groups is 2. The van der Waals surface area contributed by atoms with Crippen molar-refractivity contribution in [2.24, 2.45) is 0 Å². The van der Waals surface area contributed by atoms with Gasteiger partial charge in [-0.15, -0.1) is 0 Å². The molecule has 4 rings (SSSR count). The number of nitrogens with one attached hydrogen (secondary N) is 2. The van der Waals surface area contributed by atoms with E-state index in [1.807, 2.05) is 38.1 Å². The maximum absolute atomic E-state index is 12.3. The van der Waals surface area contributed by atoms with Gasteiger partial charge in [0.25, 0.3) is 0 Å². The quantitative estimate of drug-likeness (QED) is 0.515. The number of hydrogen-bond donors (Lipinski definition) is 2. The van der Waals surface area contributed by atoms with Gasteiger partial charge in [-0.1, -0.05) is 12.1 Å². The second-order valence-electron chi connectivity index (χ2n) is 7.03. The number of carbonyl (C=O) groups excluding carboxylic acids is 2. The van der Waals surface area contributed by atoms with Gasteiger partial charge >= 0.3 is 0 Å². The van der Waals surface area contributed by atoms with Crippen LogP contribution in [-0.2, 0) is 16.0 Å². The number of benzene rings is 2. The van der Waals surface area contributed by atoms with E-state index in [-0.39, 0.29) is 24.8 Å². The van der Waals surface area contributed by atoms with E-state index in [4.69, 9.17) is 4.42 Å².